The highest BCUT2D eigenvalue weighted by Gasteiger charge is 2.23. The van der Waals surface area contributed by atoms with Gasteiger partial charge >= 0.3 is 0 Å². The molecule has 88 valence electrons. The molecule has 0 heterocycles. The molecule has 2 atom stereocenters. The maximum absolute atomic E-state index is 5.29. The molecule has 1 aromatic rings. The van der Waals surface area contributed by atoms with E-state index in [-0.39, 0.29) is 0 Å². The highest BCUT2D eigenvalue weighted by atomic mass is 79.9. The Kier molecular flexibility index (Phi) is 3.91. The SMILES string of the molecule is CCC(Br)C1CCc2ccc(OC)cc2C1. The number of methoxy groups -OCH3 is 1. The minimum atomic E-state index is 0.659. The summed E-state index contributed by atoms with van der Waals surface area (Å²) in [5.74, 6) is 1.77. The molecular formula is C14H19BrO. The lowest BCUT2D eigenvalue weighted by molar-refractivity contribution is 0.408. The summed E-state index contributed by atoms with van der Waals surface area (Å²) in [6.07, 6.45) is 4.93. The predicted molar refractivity (Wildman–Crippen MR) is 71.5 cm³/mol. The van der Waals surface area contributed by atoms with Crippen LogP contribution in [0.2, 0.25) is 0 Å². The summed E-state index contributed by atoms with van der Waals surface area (Å²) in [4.78, 5) is 0.659. The van der Waals surface area contributed by atoms with Crippen LogP contribution in [0.5, 0.6) is 5.75 Å². The van der Waals surface area contributed by atoms with Crippen LogP contribution in [0.4, 0.5) is 0 Å². The molecule has 0 saturated heterocycles. The molecule has 2 heteroatoms. The summed E-state index contributed by atoms with van der Waals surface area (Å²) < 4.78 is 5.29. The Balaban J connectivity index is 2.18. The van der Waals surface area contributed by atoms with Gasteiger partial charge in [0, 0.05) is 4.83 Å². The van der Waals surface area contributed by atoms with Gasteiger partial charge in [-0.3, -0.25) is 0 Å². The smallest absolute Gasteiger partial charge is 0.119 e. The van der Waals surface area contributed by atoms with Gasteiger partial charge in [-0.2, -0.15) is 0 Å². The number of rotatable bonds is 3. The van der Waals surface area contributed by atoms with Crippen molar-refractivity contribution in [1.29, 1.82) is 0 Å². The van der Waals surface area contributed by atoms with Crippen LogP contribution in [0.3, 0.4) is 0 Å². The molecule has 0 fully saturated rings. The van der Waals surface area contributed by atoms with Crippen LogP contribution in [-0.4, -0.2) is 11.9 Å². The number of aryl methyl sites for hydroxylation is 1. The lowest BCUT2D eigenvalue weighted by Gasteiger charge is -2.28. The number of ether oxygens (including phenoxy) is 1. The van der Waals surface area contributed by atoms with Gasteiger partial charge in [0.1, 0.15) is 5.75 Å². The first kappa shape index (κ1) is 12.0. The number of hydrogen-bond acceptors (Lipinski definition) is 1. The summed E-state index contributed by atoms with van der Waals surface area (Å²) in [6, 6.07) is 6.50. The molecule has 1 nitrogen and oxygen atoms in total. The minimum Gasteiger partial charge on any atom is -0.497 e. The van der Waals surface area contributed by atoms with Gasteiger partial charge in [0.05, 0.1) is 7.11 Å². The highest BCUT2D eigenvalue weighted by Crippen LogP contribution is 2.33. The molecule has 0 N–H and O–H groups in total. The molecule has 1 aliphatic carbocycles. The molecule has 0 bridgehead atoms. The van der Waals surface area contributed by atoms with Crippen molar-refractivity contribution in [2.24, 2.45) is 5.92 Å². The third-order valence-electron chi connectivity index (χ3n) is 3.58. The molecule has 0 spiro atoms. The van der Waals surface area contributed by atoms with Crippen molar-refractivity contribution in [1.82, 2.24) is 0 Å². The Morgan fingerprint density at radius 3 is 2.94 bits per heavy atom. The van der Waals surface area contributed by atoms with Crippen molar-refractivity contribution in [3.8, 4) is 5.75 Å². The first-order valence-electron chi connectivity index (χ1n) is 6.04. The Morgan fingerprint density at radius 1 is 1.44 bits per heavy atom. The van der Waals surface area contributed by atoms with Crippen LogP contribution < -0.4 is 4.74 Å². The molecule has 0 aromatic heterocycles. The molecule has 0 amide bonds. The largest absolute Gasteiger partial charge is 0.497 e. The standard InChI is InChI=1S/C14H19BrO/c1-3-14(15)11-5-4-10-6-7-13(16-2)9-12(10)8-11/h6-7,9,11,14H,3-5,8H2,1-2H3. The number of halogens is 1. The second kappa shape index (κ2) is 5.22. The Labute approximate surface area is 106 Å². The first-order valence-corrected chi connectivity index (χ1v) is 6.96. The molecule has 1 aromatic carbocycles. The van der Waals surface area contributed by atoms with E-state index in [9.17, 15) is 0 Å². The molecule has 0 aliphatic heterocycles. The Bertz CT molecular complexity index is 362. The van der Waals surface area contributed by atoms with Gasteiger partial charge in [-0.1, -0.05) is 28.9 Å². The van der Waals surface area contributed by atoms with E-state index >= 15 is 0 Å². The van der Waals surface area contributed by atoms with E-state index in [1.807, 2.05) is 0 Å². The van der Waals surface area contributed by atoms with E-state index in [1.54, 1.807) is 7.11 Å². The zero-order valence-corrected chi connectivity index (χ0v) is 11.6. The maximum Gasteiger partial charge on any atom is 0.119 e. The van der Waals surface area contributed by atoms with Crippen LogP contribution in [0, 0.1) is 5.92 Å². The van der Waals surface area contributed by atoms with Crippen molar-refractivity contribution in [2.45, 2.75) is 37.4 Å². The van der Waals surface area contributed by atoms with Crippen molar-refractivity contribution >= 4 is 15.9 Å². The summed E-state index contributed by atoms with van der Waals surface area (Å²) in [6.45, 7) is 2.25. The summed E-state index contributed by atoms with van der Waals surface area (Å²) in [5.41, 5.74) is 2.99. The van der Waals surface area contributed by atoms with Crippen LogP contribution in [0.15, 0.2) is 18.2 Å². The second-order valence-corrected chi connectivity index (χ2v) is 5.74. The van der Waals surface area contributed by atoms with Crippen molar-refractivity contribution in [2.75, 3.05) is 7.11 Å². The highest BCUT2D eigenvalue weighted by molar-refractivity contribution is 9.09. The average Bonchev–Trinajstić information content (AvgIpc) is 2.36. The first-order chi connectivity index (χ1) is 7.74. The van der Waals surface area contributed by atoms with Gasteiger partial charge in [-0.05, 0) is 54.9 Å². The average molecular weight is 283 g/mol. The van der Waals surface area contributed by atoms with E-state index in [1.165, 1.54) is 36.8 Å². The molecule has 0 saturated carbocycles. The number of alkyl halides is 1. The van der Waals surface area contributed by atoms with Crippen LogP contribution >= 0.6 is 15.9 Å². The monoisotopic (exact) mass is 282 g/mol. The zero-order valence-electron chi connectivity index (χ0n) is 10.0. The summed E-state index contributed by atoms with van der Waals surface area (Å²) >= 11 is 3.79. The van der Waals surface area contributed by atoms with Gasteiger partial charge in [0.25, 0.3) is 0 Å². The van der Waals surface area contributed by atoms with E-state index in [0.717, 1.165) is 11.7 Å². The fourth-order valence-electron chi connectivity index (χ4n) is 2.53. The lowest BCUT2D eigenvalue weighted by Crippen LogP contribution is -2.22. The number of fused-ring (bicyclic) bond motifs is 1. The number of hydrogen-bond donors (Lipinski definition) is 0. The predicted octanol–water partition coefficient (Wildman–Crippen LogP) is 3.97. The van der Waals surface area contributed by atoms with Crippen LogP contribution in [-0.2, 0) is 12.8 Å². The molecule has 2 rings (SSSR count). The summed E-state index contributed by atoms with van der Waals surface area (Å²) in [7, 11) is 1.74. The van der Waals surface area contributed by atoms with Gasteiger partial charge in [-0.25, -0.2) is 0 Å². The molecule has 2 unspecified atom stereocenters. The lowest BCUT2D eigenvalue weighted by atomic mass is 9.81. The van der Waals surface area contributed by atoms with Crippen LogP contribution in [0.25, 0.3) is 0 Å². The van der Waals surface area contributed by atoms with Crippen LogP contribution in [0.1, 0.15) is 30.9 Å². The third kappa shape index (κ3) is 2.42. The van der Waals surface area contributed by atoms with Gasteiger partial charge in [0.15, 0.2) is 0 Å². The minimum absolute atomic E-state index is 0.659. The number of benzene rings is 1. The third-order valence-corrected chi connectivity index (χ3v) is 4.98. The van der Waals surface area contributed by atoms with E-state index in [2.05, 4.69) is 41.1 Å². The van der Waals surface area contributed by atoms with Crippen molar-refractivity contribution in [3.63, 3.8) is 0 Å². The molecule has 16 heavy (non-hydrogen) atoms. The van der Waals surface area contributed by atoms with Crippen molar-refractivity contribution in [3.05, 3.63) is 29.3 Å². The fourth-order valence-corrected chi connectivity index (χ4v) is 2.98. The van der Waals surface area contributed by atoms with E-state index in [4.69, 9.17) is 4.74 Å². The second-order valence-electron chi connectivity index (χ2n) is 4.56. The molecule has 1 aliphatic rings. The quantitative estimate of drug-likeness (QED) is 0.763. The van der Waals surface area contributed by atoms with Crippen molar-refractivity contribution < 1.29 is 4.74 Å². The Hall–Kier alpha value is -0.500. The topological polar surface area (TPSA) is 9.23 Å². The van der Waals surface area contributed by atoms with Gasteiger partial charge < -0.3 is 4.74 Å². The Morgan fingerprint density at radius 2 is 2.25 bits per heavy atom. The summed E-state index contributed by atoms with van der Waals surface area (Å²) in [5, 5.41) is 0. The van der Waals surface area contributed by atoms with E-state index < -0.39 is 0 Å². The normalized spacial score (nSPS) is 21.3. The van der Waals surface area contributed by atoms with Gasteiger partial charge in [0.2, 0.25) is 0 Å². The van der Waals surface area contributed by atoms with E-state index in [0.29, 0.717) is 4.83 Å². The molecular weight excluding hydrogens is 264 g/mol. The van der Waals surface area contributed by atoms with Gasteiger partial charge in [-0.15, -0.1) is 0 Å². The maximum atomic E-state index is 5.29. The fraction of sp³-hybridized carbons (Fsp3) is 0.571. The molecule has 0 radical (unpaired) electrons. The zero-order chi connectivity index (χ0) is 11.5.